The van der Waals surface area contributed by atoms with Gasteiger partial charge in [0.25, 0.3) is 0 Å². The summed E-state index contributed by atoms with van der Waals surface area (Å²) < 4.78 is 17.2. The summed E-state index contributed by atoms with van der Waals surface area (Å²) in [6.07, 6.45) is 4.48. The zero-order valence-electron chi connectivity index (χ0n) is 13.9. The molecule has 0 bridgehead atoms. The largest absolute Gasteiger partial charge is 0.501 e. The van der Waals surface area contributed by atoms with Crippen molar-refractivity contribution < 1.29 is 13.3 Å². The van der Waals surface area contributed by atoms with Gasteiger partial charge in [0.05, 0.1) is 6.73 Å². The quantitative estimate of drug-likeness (QED) is 0.320. The zero-order valence-corrected chi connectivity index (χ0v) is 15.7. The Morgan fingerprint density at radius 3 is 2.10 bits per heavy atom. The fourth-order valence-corrected chi connectivity index (χ4v) is 4.52. The van der Waals surface area contributed by atoms with Gasteiger partial charge >= 0.3 is 8.80 Å². The predicted molar refractivity (Wildman–Crippen MR) is 90.4 cm³/mol. The Labute approximate surface area is 131 Å². The van der Waals surface area contributed by atoms with Gasteiger partial charge in [-0.3, -0.25) is 4.90 Å². The first-order chi connectivity index (χ1) is 9.57. The molecule has 0 saturated heterocycles. The van der Waals surface area contributed by atoms with E-state index < -0.39 is 8.80 Å². The highest BCUT2D eigenvalue weighted by molar-refractivity contribution is 7.80. The Morgan fingerprint density at radius 1 is 1.05 bits per heavy atom. The zero-order chi connectivity index (χ0) is 15.4. The second kappa shape index (κ2) is 12.0. The predicted octanol–water partition coefficient (Wildman–Crippen LogP) is 3.41. The SMILES string of the molecule is CCCC(S)CCC[Si](OC)(OC)OCN(CC)CC. The fourth-order valence-electron chi connectivity index (χ4n) is 2.11. The Balaban J connectivity index is 4.23. The summed E-state index contributed by atoms with van der Waals surface area (Å²) in [5.74, 6) is 0. The molecule has 1 atom stereocenters. The lowest BCUT2D eigenvalue weighted by molar-refractivity contribution is 0.0409. The summed E-state index contributed by atoms with van der Waals surface area (Å²) in [6, 6.07) is 0.863. The summed E-state index contributed by atoms with van der Waals surface area (Å²) in [5, 5.41) is 0.475. The van der Waals surface area contributed by atoms with E-state index >= 15 is 0 Å². The number of rotatable bonds is 13. The molecule has 0 radical (unpaired) electrons. The number of hydrogen-bond acceptors (Lipinski definition) is 5. The maximum Gasteiger partial charge on any atom is 0.501 e. The van der Waals surface area contributed by atoms with Gasteiger partial charge in [-0.2, -0.15) is 12.6 Å². The van der Waals surface area contributed by atoms with Crippen molar-refractivity contribution in [3.63, 3.8) is 0 Å². The number of thiol groups is 1. The minimum absolute atomic E-state index is 0.475. The second-order valence-electron chi connectivity index (χ2n) is 5.00. The molecule has 0 aromatic carbocycles. The van der Waals surface area contributed by atoms with E-state index in [1.165, 1.54) is 6.42 Å². The molecule has 20 heavy (non-hydrogen) atoms. The normalized spacial score (nSPS) is 13.9. The Morgan fingerprint density at radius 2 is 1.65 bits per heavy atom. The van der Waals surface area contributed by atoms with E-state index in [1.54, 1.807) is 14.2 Å². The molecular formula is C14H33NO3SSi. The van der Waals surface area contributed by atoms with Crippen LogP contribution in [0.25, 0.3) is 0 Å². The van der Waals surface area contributed by atoms with Gasteiger partial charge in [-0.25, -0.2) is 0 Å². The van der Waals surface area contributed by atoms with Gasteiger partial charge in [0.15, 0.2) is 0 Å². The Kier molecular flexibility index (Phi) is 12.2. The van der Waals surface area contributed by atoms with Crippen LogP contribution in [0, 0.1) is 0 Å². The average molecular weight is 324 g/mol. The molecule has 122 valence electrons. The van der Waals surface area contributed by atoms with Crippen molar-refractivity contribution in [1.29, 1.82) is 0 Å². The minimum atomic E-state index is -2.50. The van der Waals surface area contributed by atoms with E-state index in [1.807, 2.05) is 0 Å². The summed E-state index contributed by atoms with van der Waals surface area (Å²) in [4.78, 5) is 2.22. The van der Waals surface area contributed by atoms with Crippen LogP contribution in [0.5, 0.6) is 0 Å². The maximum atomic E-state index is 6.01. The van der Waals surface area contributed by atoms with E-state index in [0.717, 1.165) is 38.4 Å². The molecule has 0 amide bonds. The molecule has 6 heteroatoms. The van der Waals surface area contributed by atoms with Crippen molar-refractivity contribution in [2.24, 2.45) is 0 Å². The third-order valence-corrected chi connectivity index (χ3v) is 6.92. The van der Waals surface area contributed by atoms with Crippen LogP contribution in [-0.2, 0) is 13.3 Å². The summed E-state index contributed by atoms with van der Waals surface area (Å²) in [7, 11) is 0.889. The highest BCUT2D eigenvalue weighted by atomic mass is 32.1. The van der Waals surface area contributed by atoms with Gasteiger partial charge in [-0.15, -0.1) is 0 Å². The average Bonchev–Trinajstić information content (AvgIpc) is 2.46. The van der Waals surface area contributed by atoms with Crippen LogP contribution in [0.15, 0.2) is 0 Å². The molecule has 0 rings (SSSR count). The monoisotopic (exact) mass is 323 g/mol. The Hall–Kier alpha value is 0.407. The molecule has 0 aliphatic heterocycles. The standard InChI is InChI=1S/C14H33NO3SSi/c1-6-10-14(19)11-9-12-20(16-4,17-5)18-13-15(7-2)8-3/h14,19H,6-13H2,1-5H3. The fraction of sp³-hybridized carbons (Fsp3) is 1.00. The molecule has 4 nitrogen and oxygen atoms in total. The third-order valence-electron chi connectivity index (χ3n) is 3.63. The molecule has 0 N–H and O–H groups in total. The second-order valence-corrected chi connectivity index (χ2v) is 8.70. The maximum absolute atomic E-state index is 6.01. The van der Waals surface area contributed by atoms with Gasteiger partial charge in [0.2, 0.25) is 0 Å². The topological polar surface area (TPSA) is 30.9 Å². The molecule has 1 unspecified atom stereocenters. The Bertz CT molecular complexity index is 226. The van der Waals surface area contributed by atoms with Gasteiger partial charge in [-0.05, 0) is 32.4 Å². The van der Waals surface area contributed by atoms with Crippen LogP contribution in [0.1, 0.15) is 46.5 Å². The summed E-state index contributed by atoms with van der Waals surface area (Å²) in [6.45, 7) is 8.99. The highest BCUT2D eigenvalue weighted by Crippen LogP contribution is 2.21. The van der Waals surface area contributed by atoms with Crippen molar-refractivity contribution in [2.45, 2.75) is 57.7 Å². The van der Waals surface area contributed by atoms with Crippen LogP contribution < -0.4 is 0 Å². The van der Waals surface area contributed by atoms with Crippen molar-refractivity contribution in [1.82, 2.24) is 4.90 Å². The first kappa shape index (κ1) is 20.4. The summed E-state index contributed by atoms with van der Waals surface area (Å²) >= 11 is 4.60. The van der Waals surface area contributed by atoms with Crippen LogP contribution in [0.4, 0.5) is 0 Å². The van der Waals surface area contributed by atoms with Crippen LogP contribution in [-0.4, -0.2) is 53.0 Å². The molecule has 0 aromatic rings. The van der Waals surface area contributed by atoms with Gasteiger partial charge in [0.1, 0.15) is 0 Å². The number of hydrogen-bond donors (Lipinski definition) is 1. The van der Waals surface area contributed by atoms with Crippen LogP contribution in [0.2, 0.25) is 6.04 Å². The van der Waals surface area contributed by atoms with Crippen molar-refractivity contribution in [3.8, 4) is 0 Å². The van der Waals surface area contributed by atoms with Crippen LogP contribution >= 0.6 is 12.6 Å². The lowest BCUT2D eigenvalue weighted by atomic mass is 10.2. The molecular weight excluding hydrogens is 290 g/mol. The van der Waals surface area contributed by atoms with Gasteiger partial charge in [-0.1, -0.05) is 27.2 Å². The van der Waals surface area contributed by atoms with Crippen LogP contribution in [0.3, 0.4) is 0 Å². The summed E-state index contributed by atoms with van der Waals surface area (Å²) in [5.41, 5.74) is 0. The molecule has 0 aliphatic rings. The van der Waals surface area contributed by atoms with E-state index in [0.29, 0.717) is 12.0 Å². The molecule has 0 aliphatic carbocycles. The number of nitrogens with zero attached hydrogens (tertiary/aromatic N) is 1. The van der Waals surface area contributed by atoms with E-state index in [2.05, 4.69) is 38.3 Å². The molecule has 0 saturated carbocycles. The molecule has 0 fully saturated rings. The van der Waals surface area contributed by atoms with Crippen molar-refractivity contribution >= 4 is 21.4 Å². The van der Waals surface area contributed by atoms with Gasteiger partial charge in [0, 0.05) is 25.5 Å². The van der Waals surface area contributed by atoms with Crippen molar-refractivity contribution in [2.75, 3.05) is 34.0 Å². The first-order valence-electron chi connectivity index (χ1n) is 7.72. The first-order valence-corrected chi connectivity index (χ1v) is 10.2. The van der Waals surface area contributed by atoms with Gasteiger partial charge < -0.3 is 13.3 Å². The smallest absolute Gasteiger partial charge is 0.377 e. The van der Waals surface area contributed by atoms with E-state index in [4.69, 9.17) is 13.3 Å². The molecule has 0 spiro atoms. The van der Waals surface area contributed by atoms with E-state index in [9.17, 15) is 0 Å². The van der Waals surface area contributed by atoms with E-state index in [-0.39, 0.29) is 0 Å². The minimum Gasteiger partial charge on any atom is -0.377 e. The highest BCUT2D eigenvalue weighted by Gasteiger charge is 2.38. The molecule has 0 heterocycles. The molecule has 0 aromatic heterocycles. The lowest BCUT2D eigenvalue weighted by Crippen LogP contribution is -2.46. The third kappa shape index (κ3) is 8.00. The lowest BCUT2D eigenvalue weighted by Gasteiger charge is -2.29. The van der Waals surface area contributed by atoms with Crippen molar-refractivity contribution in [3.05, 3.63) is 0 Å².